The maximum Gasteiger partial charge on any atom is 0.343 e. The van der Waals surface area contributed by atoms with Crippen LogP contribution in [0.15, 0.2) is 76.3 Å². The zero-order chi connectivity index (χ0) is 25.0. The number of hydrogen-bond acceptors (Lipinski definition) is 6. The van der Waals surface area contributed by atoms with Crippen LogP contribution >= 0.6 is 15.9 Å². The molecule has 3 rings (SSSR count). The molecule has 0 spiro atoms. The van der Waals surface area contributed by atoms with Crippen LogP contribution in [0.3, 0.4) is 0 Å². The molecule has 8 heteroatoms. The highest BCUT2D eigenvalue weighted by atomic mass is 79.9. The lowest BCUT2D eigenvalue weighted by molar-refractivity contribution is 0.0734. The van der Waals surface area contributed by atoms with Crippen LogP contribution in [-0.2, 0) is 0 Å². The second-order valence-electron chi connectivity index (χ2n) is 7.52. The lowest BCUT2D eigenvalue weighted by Gasteiger charge is -2.09. The summed E-state index contributed by atoms with van der Waals surface area (Å²) in [5, 5.41) is 4.03. The summed E-state index contributed by atoms with van der Waals surface area (Å²) in [6.07, 6.45) is 3.23. The predicted octanol–water partition coefficient (Wildman–Crippen LogP) is 6.01. The molecule has 0 bridgehead atoms. The second kappa shape index (κ2) is 13.3. The number of hydrazone groups is 1. The van der Waals surface area contributed by atoms with Gasteiger partial charge < -0.3 is 14.2 Å². The van der Waals surface area contributed by atoms with Crippen molar-refractivity contribution in [2.24, 2.45) is 5.10 Å². The van der Waals surface area contributed by atoms with Gasteiger partial charge in [0.15, 0.2) is 0 Å². The molecule has 7 nitrogen and oxygen atoms in total. The third-order valence-electron chi connectivity index (χ3n) is 4.70. The van der Waals surface area contributed by atoms with Crippen LogP contribution in [0.5, 0.6) is 17.2 Å². The van der Waals surface area contributed by atoms with Crippen molar-refractivity contribution in [3.8, 4) is 17.2 Å². The van der Waals surface area contributed by atoms with Gasteiger partial charge in [-0.2, -0.15) is 5.10 Å². The summed E-state index contributed by atoms with van der Waals surface area (Å²) in [6, 6.07) is 18.7. The molecule has 3 aromatic rings. The van der Waals surface area contributed by atoms with Crippen molar-refractivity contribution in [1.82, 2.24) is 5.43 Å². The van der Waals surface area contributed by atoms with Crippen molar-refractivity contribution in [2.75, 3.05) is 13.2 Å². The third kappa shape index (κ3) is 7.96. The monoisotopic (exact) mass is 538 g/mol. The van der Waals surface area contributed by atoms with E-state index in [0.29, 0.717) is 47.2 Å². The summed E-state index contributed by atoms with van der Waals surface area (Å²) >= 11 is 3.40. The normalized spacial score (nSPS) is 10.7. The third-order valence-corrected chi connectivity index (χ3v) is 5.19. The molecule has 1 N–H and O–H groups in total. The van der Waals surface area contributed by atoms with E-state index in [1.54, 1.807) is 66.7 Å². The number of benzene rings is 3. The first-order valence-corrected chi connectivity index (χ1v) is 12.1. The highest BCUT2D eigenvalue weighted by Gasteiger charge is 2.12. The standard InChI is InChI=1S/C27H27BrN2O5/c1-3-15-33-23-10-5-19(6-11-23)26(31)30-29-18-21-17-22(28)9-14-25(21)35-27(32)20-7-12-24(13-8-20)34-16-4-2/h5-14,17-18H,3-4,15-16H2,1-2H3,(H,30,31). The summed E-state index contributed by atoms with van der Waals surface area (Å²) in [7, 11) is 0. The number of ether oxygens (including phenoxy) is 3. The van der Waals surface area contributed by atoms with Gasteiger partial charge in [-0.15, -0.1) is 0 Å². The molecule has 0 aliphatic rings. The minimum absolute atomic E-state index is 0.305. The van der Waals surface area contributed by atoms with E-state index in [1.165, 1.54) is 6.21 Å². The molecule has 0 radical (unpaired) electrons. The summed E-state index contributed by atoms with van der Waals surface area (Å²) in [4.78, 5) is 25.0. The van der Waals surface area contributed by atoms with Crippen LogP contribution in [0.4, 0.5) is 0 Å². The van der Waals surface area contributed by atoms with Gasteiger partial charge in [-0.05, 0) is 79.6 Å². The molecule has 0 saturated carbocycles. The average Bonchev–Trinajstić information content (AvgIpc) is 2.88. The lowest BCUT2D eigenvalue weighted by Crippen LogP contribution is -2.17. The largest absolute Gasteiger partial charge is 0.494 e. The molecule has 0 unspecified atom stereocenters. The van der Waals surface area contributed by atoms with Gasteiger partial charge in [-0.3, -0.25) is 4.79 Å². The maximum atomic E-state index is 12.6. The first kappa shape index (κ1) is 26.0. The number of nitrogens with one attached hydrogen (secondary N) is 1. The molecular formula is C27H27BrN2O5. The SMILES string of the molecule is CCCOc1ccc(C(=O)NN=Cc2cc(Br)ccc2OC(=O)c2ccc(OCCC)cc2)cc1. The van der Waals surface area contributed by atoms with E-state index in [0.717, 1.165) is 17.3 Å². The Morgan fingerprint density at radius 2 is 1.43 bits per heavy atom. The Hall–Kier alpha value is -3.65. The quantitative estimate of drug-likeness (QED) is 0.140. The van der Waals surface area contributed by atoms with Gasteiger partial charge in [0, 0.05) is 15.6 Å². The van der Waals surface area contributed by atoms with E-state index in [4.69, 9.17) is 14.2 Å². The molecule has 0 aliphatic carbocycles. The number of hydrogen-bond donors (Lipinski definition) is 1. The first-order chi connectivity index (χ1) is 17.0. The van der Waals surface area contributed by atoms with Gasteiger partial charge in [0.05, 0.1) is 25.0 Å². The Labute approximate surface area is 213 Å². The highest BCUT2D eigenvalue weighted by molar-refractivity contribution is 9.10. The molecule has 35 heavy (non-hydrogen) atoms. The summed E-state index contributed by atoms with van der Waals surface area (Å²) in [6.45, 7) is 5.28. The van der Waals surface area contributed by atoms with Gasteiger partial charge in [-0.1, -0.05) is 29.8 Å². The van der Waals surface area contributed by atoms with Gasteiger partial charge >= 0.3 is 5.97 Å². The predicted molar refractivity (Wildman–Crippen MR) is 139 cm³/mol. The van der Waals surface area contributed by atoms with Gasteiger partial charge in [0.25, 0.3) is 5.91 Å². The van der Waals surface area contributed by atoms with E-state index in [-0.39, 0.29) is 5.91 Å². The van der Waals surface area contributed by atoms with Crippen molar-refractivity contribution >= 4 is 34.0 Å². The Kier molecular flexibility index (Phi) is 9.86. The molecule has 0 aromatic heterocycles. The summed E-state index contributed by atoms with van der Waals surface area (Å²) < 4.78 is 17.4. The van der Waals surface area contributed by atoms with Crippen LogP contribution in [0.1, 0.15) is 53.0 Å². The number of amides is 1. The van der Waals surface area contributed by atoms with Crippen molar-refractivity contribution in [2.45, 2.75) is 26.7 Å². The topological polar surface area (TPSA) is 86.2 Å². The number of carbonyl (C=O) groups is 2. The molecule has 0 fully saturated rings. The summed E-state index contributed by atoms with van der Waals surface area (Å²) in [5.41, 5.74) is 3.83. The Morgan fingerprint density at radius 1 is 0.857 bits per heavy atom. The van der Waals surface area contributed by atoms with Crippen molar-refractivity contribution in [1.29, 1.82) is 0 Å². The Morgan fingerprint density at radius 3 is 2.00 bits per heavy atom. The Balaban J connectivity index is 1.64. The van der Waals surface area contributed by atoms with Crippen molar-refractivity contribution in [3.63, 3.8) is 0 Å². The van der Waals surface area contributed by atoms with Gasteiger partial charge in [-0.25, -0.2) is 10.2 Å². The minimum Gasteiger partial charge on any atom is -0.494 e. The molecule has 182 valence electrons. The second-order valence-corrected chi connectivity index (χ2v) is 8.43. The van der Waals surface area contributed by atoms with Crippen LogP contribution in [0.25, 0.3) is 0 Å². The van der Waals surface area contributed by atoms with E-state index in [2.05, 4.69) is 26.5 Å². The minimum atomic E-state index is -0.515. The fourth-order valence-electron chi connectivity index (χ4n) is 2.93. The molecule has 0 saturated heterocycles. The molecule has 0 aliphatic heterocycles. The first-order valence-electron chi connectivity index (χ1n) is 11.3. The van der Waals surface area contributed by atoms with E-state index < -0.39 is 5.97 Å². The molecule has 3 aromatic carbocycles. The van der Waals surface area contributed by atoms with Crippen LogP contribution < -0.4 is 19.6 Å². The van der Waals surface area contributed by atoms with Crippen LogP contribution in [0, 0.1) is 0 Å². The fraction of sp³-hybridized carbons (Fsp3) is 0.222. The summed E-state index contributed by atoms with van der Waals surface area (Å²) in [5.74, 6) is 0.815. The van der Waals surface area contributed by atoms with Crippen molar-refractivity contribution < 1.29 is 23.8 Å². The maximum absolute atomic E-state index is 12.6. The molecular weight excluding hydrogens is 512 g/mol. The van der Waals surface area contributed by atoms with Crippen LogP contribution in [-0.4, -0.2) is 31.3 Å². The highest BCUT2D eigenvalue weighted by Crippen LogP contribution is 2.23. The lowest BCUT2D eigenvalue weighted by atomic mass is 10.2. The number of halogens is 1. The van der Waals surface area contributed by atoms with E-state index >= 15 is 0 Å². The number of nitrogens with zero attached hydrogens (tertiary/aromatic N) is 1. The zero-order valence-corrected chi connectivity index (χ0v) is 21.2. The smallest absolute Gasteiger partial charge is 0.343 e. The van der Waals surface area contributed by atoms with Crippen molar-refractivity contribution in [3.05, 3.63) is 87.9 Å². The Bertz CT molecular complexity index is 1160. The van der Waals surface area contributed by atoms with Crippen LogP contribution in [0.2, 0.25) is 0 Å². The number of carbonyl (C=O) groups excluding carboxylic acids is 2. The average molecular weight is 539 g/mol. The van der Waals surface area contributed by atoms with Gasteiger partial charge in [0.1, 0.15) is 17.2 Å². The van der Waals surface area contributed by atoms with E-state index in [1.807, 2.05) is 13.8 Å². The fourth-order valence-corrected chi connectivity index (χ4v) is 3.31. The molecule has 0 heterocycles. The zero-order valence-electron chi connectivity index (χ0n) is 19.6. The number of rotatable bonds is 11. The molecule has 0 atom stereocenters. The number of esters is 1. The van der Waals surface area contributed by atoms with Gasteiger partial charge in [0.2, 0.25) is 0 Å². The molecule has 1 amide bonds. The van der Waals surface area contributed by atoms with E-state index in [9.17, 15) is 9.59 Å².